The molecule has 0 aliphatic rings. The van der Waals surface area contributed by atoms with Crippen LogP contribution in [0.25, 0.3) is 0 Å². The molecule has 0 bridgehead atoms. The summed E-state index contributed by atoms with van der Waals surface area (Å²) in [7, 11) is 0. The Morgan fingerprint density at radius 3 is 3.06 bits per heavy atom. The minimum absolute atomic E-state index is 0.380. The molecule has 0 saturated carbocycles. The molecule has 2 nitrogen and oxygen atoms in total. The van der Waals surface area contributed by atoms with Crippen LogP contribution in [-0.4, -0.2) is 11.5 Å². The Labute approximate surface area is 110 Å². The second-order valence-electron chi connectivity index (χ2n) is 3.74. The number of hydrogen-bond donors (Lipinski definition) is 1. The van der Waals surface area contributed by atoms with Gasteiger partial charge in [-0.15, -0.1) is 11.3 Å². The smallest absolute Gasteiger partial charge is 0.102 e. The number of pyridine rings is 1. The molecule has 1 N–H and O–H groups in total. The van der Waals surface area contributed by atoms with Crippen LogP contribution in [0.15, 0.2) is 45.1 Å². The van der Waals surface area contributed by atoms with E-state index in [4.69, 9.17) is 0 Å². The van der Waals surface area contributed by atoms with E-state index in [0.29, 0.717) is 6.04 Å². The molecule has 0 aliphatic carbocycles. The van der Waals surface area contributed by atoms with E-state index in [1.165, 1.54) is 9.77 Å². The van der Waals surface area contributed by atoms with Gasteiger partial charge in [-0.2, -0.15) is 0 Å². The maximum atomic E-state index is 4.40. The van der Waals surface area contributed by atoms with Crippen molar-refractivity contribution in [3.63, 3.8) is 0 Å². The average molecular weight is 264 g/mol. The quantitative estimate of drug-likeness (QED) is 0.884. The van der Waals surface area contributed by atoms with E-state index in [2.05, 4.69) is 53.8 Å². The Morgan fingerprint density at radius 1 is 1.47 bits per heavy atom. The Balaban J connectivity index is 2.11. The summed E-state index contributed by atoms with van der Waals surface area (Å²) >= 11 is 3.47. The van der Waals surface area contributed by atoms with Crippen molar-refractivity contribution >= 4 is 23.1 Å². The lowest BCUT2D eigenvalue weighted by Crippen LogP contribution is -2.17. The molecule has 90 valence electrons. The Kier molecular flexibility index (Phi) is 4.59. The number of nitrogens with zero attached hydrogens (tertiary/aromatic N) is 1. The second kappa shape index (κ2) is 6.19. The molecule has 0 saturated heterocycles. The number of rotatable bonds is 5. The molecule has 2 heterocycles. The van der Waals surface area contributed by atoms with Gasteiger partial charge in [0.15, 0.2) is 0 Å². The summed E-state index contributed by atoms with van der Waals surface area (Å²) in [6, 6.07) is 8.81. The van der Waals surface area contributed by atoms with Gasteiger partial charge in [0.25, 0.3) is 0 Å². The Morgan fingerprint density at radius 2 is 2.35 bits per heavy atom. The zero-order valence-electron chi connectivity index (χ0n) is 10.0. The summed E-state index contributed by atoms with van der Waals surface area (Å²) in [6.07, 6.45) is 1.89. The van der Waals surface area contributed by atoms with E-state index in [-0.39, 0.29) is 0 Å². The predicted molar refractivity (Wildman–Crippen MR) is 74.8 cm³/mol. The molecule has 2 aromatic rings. The van der Waals surface area contributed by atoms with Crippen LogP contribution in [-0.2, 0) is 0 Å². The molecule has 1 unspecified atom stereocenters. The molecule has 1 atom stereocenters. The van der Waals surface area contributed by atoms with Crippen molar-refractivity contribution in [3.05, 3.63) is 41.4 Å². The zero-order valence-corrected chi connectivity index (χ0v) is 11.6. The van der Waals surface area contributed by atoms with Crippen LogP contribution in [0.5, 0.6) is 0 Å². The summed E-state index contributed by atoms with van der Waals surface area (Å²) in [4.78, 5) is 4.40. The highest BCUT2D eigenvalue weighted by atomic mass is 32.2. The van der Waals surface area contributed by atoms with Gasteiger partial charge in [0.05, 0.1) is 4.21 Å². The van der Waals surface area contributed by atoms with Crippen molar-refractivity contribution in [2.75, 3.05) is 6.54 Å². The fraction of sp³-hybridized carbons (Fsp3) is 0.308. The first-order valence-corrected chi connectivity index (χ1v) is 7.40. The van der Waals surface area contributed by atoms with Crippen LogP contribution in [0.3, 0.4) is 0 Å². The summed E-state index contributed by atoms with van der Waals surface area (Å²) in [6.45, 7) is 5.29. The SMILES string of the molecule is CCNC(C)c1ccnc(Sc2cccs2)c1. The van der Waals surface area contributed by atoms with Gasteiger partial charge in [-0.25, -0.2) is 4.98 Å². The fourth-order valence-electron chi connectivity index (χ4n) is 1.60. The lowest BCUT2D eigenvalue weighted by atomic mass is 10.1. The number of aromatic nitrogens is 1. The monoisotopic (exact) mass is 264 g/mol. The van der Waals surface area contributed by atoms with Crippen LogP contribution < -0.4 is 5.32 Å². The number of thiophene rings is 1. The Hall–Kier alpha value is -0.840. The maximum absolute atomic E-state index is 4.40. The van der Waals surface area contributed by atoms with Crippen molar-refractivity contribution in [1.29, 1.82) is 0 Å². The van der Waals surface area contributed by atoms with Crippen molar-refractivity contribution < 1.29 is 0 Å². The average Bonchev–Trinajstić information content (AvgIpc) is 2.82. The van der Waals surface area contributed by atoms with Gasteiger partial charge in [-0.3, -0.25) is 0 Å². The standard InChI is InChI=1S/C13H16N2S2/c1-3-14-10(2)11-6-7-15-12(9-11)17-13-5-4-8-16-13/h4-10,14H,3H2,1-2H3. The largest absolute Gasteiger partial charge is 0.310 e. The third-order valence-electron chi connectivity index (χ3n) is 2.47. The van der Waals surface area contributed by atoms with Crippen LogP contribution in [0.2, 0.25) is 0 Å². The summed E-state index contributed by atoms with van der Waals surface area (Å²) in [5.41, 5.74) is 1.29. The fourth-order valence-corrected chi connectivity index (χ4v) is 3.32. The first kappa shape index (κ1) is 12.6. The van der Waals surface area contributed by atoms with Crippen molar-refractivity contribution in [2.45, 2.75) is 29.1 Å². The van der Waals surface area contributed by atoms with Crippen molar-refractivity contribution in [3.8, 4) is 0 Å². The molecule has 2 aromatic heterocycles. The maximum Gasteiger partial charge on any atom is 0.102 e. The third kappa shape index (κ3) is 3.56. The molecule has 2 rings (SSSR count). The highest BCUT2D eigenvalue weighted by Gasteiger charge is 2.06. The molecule has 0 radical (unpaired) electrons. The van der Waals surface area contributed by atoms with Crippen LogP contribution in [0.4, 0.5) is 0 Å². The molecule has 0 aliphatic heterocycles. The first-order valence-electron chi connectivity index (χ1n) is 5.70. The van der Waals surface area contributed by atoms with Crippen molar-refractivity contribution in [2.24, 2.45) is 0 Å². The molecule has 17 heavy (non-hydrogen) atoms. The predicted octanol–water partition coefficient (Wildman–Crippen LogP) is 3.96. The Bertz CT molecular complexity index is 454. The van der Waals surface area contributed by atoms with E-state index in [9.17, 15) is 0 Å². The third-order valence-corrected chi connectivity index (χ3v) is 4.44. The molecule has 0 spiro atoms. The zero-order chi connectivity index (χ0) is 12.1. The van der Waals surface area contributed by atoms with E-state index >= 15 is 0 Å². The molecular weight excluding hydrogens is 248 g/mol. The van der Waals surface area contributed by atoms with Crippen LogP contribution >= 0.6 is 23.1 Å². The second-order valence-corrected chi connectivity index (χ2v) is 6.01. The van der Waals surface area contributed by atoms with Gasteiger partial charge in [-0.05, 0) is 42.6 Å². The first-order chi connectivity index (χ1) is 8.29. The van der Waals surface area contributed by atoms with Crippen LogP contribution in [0.1, 0.15) is 25.5 Å². The summed E-state index contributed by atoms with van der Waals surface area (Å²) < 4.78 is 1.28. The minimum Gasteiger partial charge on any atom is -0.310 e. The van der Waals surface area contributed by atoms with Gasteiger partial charge in [-0.1, -0.05) is 24.8 Å². The van der Waals surface area contributed by atoms with Gasteiger partial charge >= 0.3 is 0 Å². The van der Waals surface area contributed by atoms with Gasteiger partial charge in [0.2, 0.25) is 0 Å². The lowest BCUT2D eigenvalue weighted by Gasteiger charge is -2.12. The van der Waals surface area contributed by atoms with E-state index in [1.807, 2.05) is 6.20 Å². The normalized spacial score (nSPS) is 12.6. The van der Waals surface area contributed by atoms with Gasteiger partial charge < -0.3 is 5.32 Å². The number of hydrogen-bond acceptors (Lipinski definition) is 4. The van der Waals surface area contributed by atoms with E-state index in [0.717, 1.165) is 11.6 Å². The molecular formula is C13H16N2S2. The minimum atomic E-state index is 0.380. The molecule has 0 fully saturated rings. The summed E-state index contributed by atoms with van der Waals surface area (Å²) in [5, 5.41) is 6.57. The lowest BCUT2D eigenvalue weighted by molar-refractivity contribution is 0.596. The topological polar surface area (TPSA) is 24.9 Å². The molecule has 0 aromatic carbocycles. The van der Waals surface area contributed by atoms with Crippen LogP contribution in [0, 0.1) is 0 Å². The van der Waals surface area contributed by atoms with Gasteiger partial charge in [0.1, 0.15) is 5.03 Å². The van der Waals surface area contributed by atoms with Crippen molar-refractivity contribution in [1.82, 2.24) is 10.3 Å². The molecule has 4 heteroatoms. The number of nitrogens with one attached hydrogen (secondary N) is 1. The summed E-state index contributed by atoms with van der Waals surface area (Å²) in [5.74, 6) is 0. The molecule has 0 amide bonds. The highest BCUT2D eigenvalue weighted by Crippen LogP contribution is 2.30. The highest BCUT2D eigenvalue weighted by molar-refractivity contribution is 8.01. The van der Waals surface area contributed by atoms with Gasteiger partial charge in [0, 0.05) is 12.2 Å². The van der Waals surface area contributed by atoms with E-state index in [1.54, 1.807) is 23.1 Å². The van der Waals surface area contributed by atoms with E-state index < -0.39 is 0 Å².